The summed E-state index contributed by atoms with van der Waals surface area (Å²) in [6.45, 7) is 0.589. The molecule has 2 aromatic carbocycles. The van der Waals surface area contributed by atoms with E-state index in [1.165, 1.54) is 0 Å². The van der Waals surface area contributed by atoms with E-state index in [1.807, 2.05) is 48.5 Å². The van der Waals surface area contributed by atoms with Crippen LogP contribution in [-0.4, -0.2) is 19.1 Å². The van der Waals surface area contributed by atoms with Gasteiger partial charge in [-0.2, -0.15) is 0 Å². The molecule has 0 radical (unpaired) electrons. The third-order valence-corrected chi connectivity index (χ3v) is 3.57. The Labute approximate surface area is 132 Å². The van der Waals surface area contributed by atoms with Crippen molar-refractivity contribution in [2.75, 3.05) is 18.5 Å². The predicted octanol–water partition coefficient (Wildman–Crippen LogP) is 2.97. The molecule has 0 saturated heterocycles. The molecule has 5 heteroatoms. The van der Waals surface area contributed by atoms with Crippen LogP contribution >= 0.6 is 15.9 Å². The van der Waals surface area contributed by atoms with Gasteiger partial charge in [-0.15, -0.1) is 0 Å². The lowest BCUT2D eigenvalue weighted by Crippen LogP contribution is -2.20. The maximum atomic E-state index is 11.8. The molecule has 21 heavy (non-hydrogen) atoms. The van der Waals surface area contributed by atoms with Gasteiger partial charge in [0.05, 0.1) is 5.69 Å². The fourth-order valence-corrected chi connectivity index (χ4v) is 2.20. The Morgan fingerprint density at radius 1 is 1.14 bits per heavy atom. The van der Waals surface area contributed by atoms with E-state index in [4.69, 9.17) is 10.5 Å². The van der Waals surface area contributed by atoms with Crippen LogP contribution in [0.5, 0.6) is 5.75 Å². The van der Waals surface area contributed by atoms with E-state index in [1.54, 1.807) is 0 Å². The number of amides is 1. The topological polar surface area (TPSA) is 64.3 Å². The van der Waals surface area contributed by atoms with Crippen molar-refractivity contribution in [2.45, 2.75) is 6.42 Å². The Hall–Kier alpha value is -1.85. The number of halogens is 1. The molecule has 0 spiro atoms. The van der Waals surface area contributed by atoms with Crippen molar-refractivity contribution in [1.82, 2.24) is 0 Å². The number of carbonyl (C=O) groups excluding carboxylic acids is 1. The molecule has 0 heterocycles. The minimum absolute atomic E-state index is 0.0302. The van der Waals surface area contributed by atoms with Crippen molar-refractivity contribution >= 4 is 27.5 Å². The average Bonchev–Trinajstić information content (AvgIpc) is 2.49. The van der Waals surface area contributed by atoms with E-state index in [-0.39, 0.29) is 12.5 Å². The molecule has 4 nitrogen and oxygen atoms in total. The van der Waals surface area contributed by atoms with Crippen molar-refractivity contribution in [3.05, 3.63) is 58.6 Å². The number of anilines is 1. The highest BCUT2D eigenvalue weighted by Crippen LogP contribution is 2.21. The van der Waals surface area contributed by atoms with Crippen LogP contribution in [0.25, 0.3) is 0 Å². The quantitative estimate of drug-likeness (QED) is 0.843. The molecule has 3 N–H and O–H groups in total. The number of ether oxygens (including phenoxy) is 1. The summed E-state index contributed by atoms with van der Waals surface area (Å²) < 4.78 is 6.29. The van der Waals surface area contributed by atoms with Gasteiger partial charge in [-0.05, 0) is 58.7 Å². The van der Waals surface area contributed by atoms with Gasteiger partial charge in [0.15, 0.2) is 6.61 Å². The SMILES string of the molecule is NCCc1ccc(OCC(=O)Nc2ccccc2Br)cc1. The van der Waals surface area contributed by atoms with Crippen molar-refractivity contribution in [1.29, 1.82) is 0 Å². The first-order valence-electron chi connectivity index (χ1n) is 6.65. The number of hydrogen-bond acceptors (Lipinski definition) is 3. The molecule has 0 aliphatic heterocycles. The summed E-state index contributed by atoms with van der Waals surface area (Å²) in [5, 5.41) is 2.78. The number of rotatable bonds is 6. The Morgan fingerprint density at radius 3 is 2.52 bits per heavy atom. The van der Waals surface area contributed by atoms with Crippen LogP contribution < -0.4 is 15.8 Å². The Balaban J connectivity index is 1.85. The van der Waals surface area contributed by atoms with Crippen molar-refractivity contribution in [3.8, 4) is 5.75 Å². The van der Waals surface area contributed by atoms with Crippen molar-refractivity contribution in [2.24, 2.45) is 5.73 Å². The Bertz CT molecular complexity index is 599. The summed E-state index contributed by atoms with van der Waals surface area (Å²) in [6, 6.07) is 15.0. The number of hydrogen-bond donors (Lipinski definition) is 2. The maximum Gasteiger partial charge on any atom is 0.262 e. The first kappa shape index (κ1) is 15.5. The second-order valence-corrected chi connectivity index (χ2v) is 5.35. The highest BCUT2D eigenvalue weighted by molar-refractivity contribution is 9.10. The van der Waals surface area contributed by atoms with Gasteiger partial charge in [-0.1, -0.05) is 24.3 Å². The minimum Gasteiger partial charge on any atom is -0.484 e. The van der Waals surface area contributed by atoms with Gasteiger partial charge in [-0.3, -0.25) is 4.79 Å². The van der Waals surface area contributed by atoms with E-state index in [0.29, 0.717) is 12.3 Å². The number of nitrogens with two attached hydrogens (primary N) is 1. The van der Waals surface area contributed by atoms with Crippen LogP contribution in [-0.2, 0) is 11.2 Å². The van der Waals surface area contributed by atoms with Crippen LogP contribution in [0.1, 0.15) is 5.56 Å². The molecule has 2 rings (SSSR count). The molecular weight excluding hydrogens is 332 g/mol. The van der Waals surface area contributed by atoms with Gasteiger partial charge in [0.25, 0.3) is 5.91 Å². The van der Waals surface area contributed by atoms with E-state index >= 15 is 0 Å². The lowest BCUT2D eigenvalue weighted by atomic mass is 10.1. The second-order valence-electron chi connectivity index (χ2n) is 4.50. The lowest BCUT2D eigenvalue weighted by molar-refractivity contribution is -0.118. The normalized spacial score (nSPS) is 10.2. The van der Waals surface area contributed by atoms with Gasteiger partial charge in [0.2, 0.25) is 0 Å². The smallest absolute Gasteiger partial charge is 0.262 e. The fourth-order valence-electron chi connectivity index (χ4n) is 1.82. The Morgan fingerprint density at radius 2 is 1.86 bits per heavy atom. The van der Waals surface area contributed by atoms with E-state index in [2.05, 4.69) is 21.2 Å². The molecule has 0 saturated carbocycles. The van der Waals surface area contributed by atoms with E-state index < -0.39 is 0 Å². The lowest BCUT2D eigenvalue weighted by Gasteiger charge is -2.09. The Kier molecular flexibility index (Phi) is 5.78. The van der Waals surface area contributed by atoms with Crippen LogP contribution in [0, 0.1) is 0 Å². The number of para-hydroxylation sites is 1. The third-order valence-electron chi connectivity index (χ3n) is 2.87. The largest absolute Gasteiger partial charge is 0.484 e. The van der Waals surface area contributed by atoms with Gasteiger partial charge in [0.1, 0.15) is 5.75 Å². The zero-order valence-corrected chi connectivity index (χ0v) is 13.1. The molecule has 0 fully saturated rings. The molecule has 0 aromatic heterocycles. The molecule has 0 atom stereocenters. The van der Waals surface area contributed by atoms with Gasteiger partial charge < -0.3 is 15.8 Å². The molecule has 0 aliphatic carbocycles. The van der Waals surface area contributed by atoms with Gasteiger partial charge in [0, 0.05) is 4.47 Å². The van der Waals surface area contributed by atoms with Crippen LogP contribution in [0.2, 0.25) is 0 Å². The molecule has 0 bridgehead atoms. The van der Waals surface area contributed by atoms with E-state index in [9.17, 15) is 4.79 Å². The van der Waals surface area contributed by atoms with Gasteiger partial charge in [-0.25, -0.2) is 0 Å². The number of benzene rings is 2. The molecule has 0 aliphatic rings. The van der Waals surface area contributed by atoms with Gasteiger partial charge >= 0.3 is 0 Å². The zero-order chi connectivity index (χ0) is 15.1. The van der Waals surface area contributed by atoms with Crippen LogP contribution in [0.3, 0.4) is 0 Å². The van der Waals surface area contributed by atoms with Crippen LogP contribution in [0.4, 0.5) is 5.69 Å². The molecule has 1 amide bonds. The monoisotopic (exact) mass is 348 g/mol. The zero-order valence-electron chi connectivity index (χ0n) is 11.5. The highest BCUT2D eigenvalue weighted by Gasteiger charge is 2.06. The summed E-state index contributed by atoms with van der Waals surface area (Å²) in [5.74, 6) is 0.464. The molecule has 0 unspecified atom stereocenters. The average molecular weight is 349 g/mol. The van der Waals surface area contributed by atoms with Crippen molar-refractivity contribution < 1.29 is 9.53 Å². The molecule has 110 valence electrons. The predicted molar refractivity (Wildman–Crippen MR) is 87.5 cm³/mol. The van der Waals surface area contributed by atoms with Crippen molar-refractivity contribution in [3.63, 3.8) is 0 Å². The van der Waals surface area contributed by atoms with E-state index in [0.717, 1.165) is 22.1 Å². The summed E-state index contributed by atoms with van der Waals surface area (Å²) in [4.78, 5) is 11.8. The first-order chi connectivity index (χ1) is 10.2. The molecular formula is C16H17BrN2O2. The number of nitrogens with one attached hydrogen (secondary N) is 1. The summed E-state index contributed by atoms with van der Waals surface area (Å²) in [7, 11) is 0. The maximum absolute atomic E-state index is 11.8. The summed E-state index contributed by atoms with van der Waals surface area (Å²) in [6.07, 6.45) is 0.836. The first-order valence-corrected chi connectivity index (χ1v) is 7.44. The second kappa shape index (κ2) is 7.81. The summed E-state index contributed by atoms with van der Waals surface area (Å²) >= 11 is 3.38. The summed E-state index contributed by atoms with van der Waals surface area (Å²) in [5.41, 5.74) is 7.38. The minimum atomic E-state index is -0.201. The van der Waals surface area contributed by atoms with Crippen LogP contribution in [0.15, 0.2) is 53.0 Å². The fraction of sp³-hybridized carbons (Fsp3) is 0.188. The standard InChI is InChI=1S/C16H17BrN2O2/c17-14-3-1-2-4-15(14)19-16(20)11-21-13-7-5-12(6-8-13)9-10-18/h1-8H,9-11,18H2,(H,19,20). The number of carbonyl (C=O) groups is 1. The third kappa shape index (κ3) is 4.88. The highest BCUT2D eigenvalue weighted by atomic mass is 79.9. The molecule has 2 aromatic rings.